The Morgan fingerprint density at radius 2 is 0.625 bits per heavy atom. The van der Waals surface area contributed by atoms with Gasteiger partial charge in [-0.2, -0.15) is 0 Å². The average Bonchev–Trinajstić information content (AvgIpc) is 3.30. The Morgan fingerprint density at radius 1 is 0.328 bits per heavy atom. The second-order valence-corrected chi connectivity index (χ2v) is 19.9. The van der Waals surface area contributed by atoms with Gasteiger partial charge >= 0.3 is 11.9 Å². The molecule has 0 rings (SSSR count). The molecule has 0 saturated carbocycles. The molecule has 0 amide bonds. The van der Waals surface area contributed by atoms with E-state index in [2.05, 4.69) is 32.9 Å². The van der Waals surface area contributed by atoms with E-state index in [1.807, 2.05) is 0 Å². The van der Waals surface area contributed by atoms with E-state index in [0.29, 0.717) is 26.1 Å². The molecule has 0 saturated heterocycles. The molecule has 0 aromatic heterocycles. The number of unbranched alkanes of at least 4 members (excludes halogenated alkanes) is 42. The van der Waals surface area contributed by atoms with Crippen LogP contribution in [-0.4, -0.2) is 37.9 Å². The van der Waals surface area contributed by atoms with Crippen LogP contribution in [0.1, 0.15) is 329 Å². The van der Waals surface area contributed by atoms with Crippen LogP contribution in [0, 0.1) is 0 Å². The van der Waals surface area contributed by atoms with Crippen molar-refractivity contribution < 1.29 is 23.8 Å². The highest BCUT2D eigenvalue weighted by atomic mass is 16.6. The van der Waals surface area contributed by atoms with Crippen molar-refractivity contribution in [1.29, 1.82) is 0 Å². The van der Waals surface area contributed by atoms with Gasteiger partial charge in [0.2, 0.25) is 0 Å². The third-order valence-electron chi connectivity index (χ3n) is 13.3. The molecule has 380 valence electrons. The summed E-state index contributed by atoms with van der Waals surface area (Å²) in [4.78, 5) is 25.5. The van der Waals surface area contributed by atoms with Crippen molar-refractivity contribution in [2.75, 3.05) is 19.8 Å². The summed E-state index contributed by atoms with van der Waals surface area (Å²) < 4.78 is 17.5. The minimum atomic E-state index is -0.531. The Hall–Kier alpha value is -1.36. The van der Waals surface area contributed by atoms with Gasteiger partial charge in [-0.25, -0.2) is 0 Å². The number of carbonyl (C=O) groups excluding carboxylic acids is 2. The molecule has 1 unspecified atom stereocenters. The van der Waals surface area contributed by atoms with E-state index in [9.17, 15) is 9.59 Å². The molecule has 0 heterocycles. The Morgan fingerprint density at radius 3 is 1.00 bits per heavy atom. The summed E-state index contributed by atoms with van der Waals surface area (Å²) in [5.74, 6) is -0.382. The molecule has 0 fully saturated rings. The SMILES string of the molecule is CCCC/C=C\CCCCCCCC(=O)OC(COCCCCCCCCCCCCCCCCCCCC)COC(=O)CCCCCCCCCCCCCCCCCCCCC. The van der Waals surface area contributed by atoms with Crippen molar-refractivity contribution in [2.45, 2.75) is 335 Å². The van der Waals surface area contributed by atoms with Crippen LogP contribution in [0.3, 0.4) is 0 Å². The Balaban J connectivity index is 4.12. The molecule has 0 radical (unpaired) electrons. The predicted octanol–water partition coefficient (Wildman–Crippen LogP) is 19.8. The first-order chi connectivity index (χ1) is 31.6. The molecule has 0 N–H and O–H groups in total. The standard InChI is InChI=1S/C59H114O5/c1-4-7-10-13-16-19-22-24-26-28-30-31-33-35-38-40-43-46-49-52-58(60)63-56-57(64-59(61)53-50-47-44-41-37-21-18-15-12-9-6-3)55-62-54-51-48-45-42-39-36-34-32-29-27-25-23-20-17-14-11-8-5-2/h15,18,57H,4-14,16-17,19-56H2,1-3H3/b18-15-. The van der Waals surface area contributed by atoms with Crippen molar-refractivity contribution in [3.05, 3.63) is 12.2 Å². The molecule has 0 aromatic carbocycles. The average molecular weight is 904 g/mol. The Bertz CT molecular complexity index is 932. The maximum absolute atomic E-state index is 12.8. The van der Waals surface area contributed by atoms with Crippen LogP contribution in [-0.2, 0) is 23.8 Å². The van der Waals surface area contributed by atoms with Crippen molar-refractivity contribution in [3.63, 3.8) is 0 Å². The van der Waals surface area contributed by atoms with Gasteiger partial charge in [0.05, 0.1) is 6.61 Å². The second kappa shape index (κ2) is 56.0. The minimum Gasteiger partial charge on any atom is -0.462 e. The van der Waals surface area contributed by atoms with E-state index < -0.39 is 6.10 Å². The molecule has 0 aliphatic heterocycles. The highest BCUT2D eigenvalue weighted by molar-refractivity contribution is 5.70. The topological polar surface area (TPSA) is 61.8 Å². The van der Waals surface area contributed by atoms with E-state index in [-0.39, 0.29) is 18.5 Å². The lowest BCUT2D eigenvalue weighted by atomic mass is 10.0. The lowest BCUT2D eigenvalue weighted by Gasteiger charge is -2.18. The van der Waals surface area contributed by atoms with E-state index >= 15 is 0 Å². The maximum atomic E-state index is 12.8. The van der Waals surface area contributed by atoms with Crippen LogP contribution in [0.25, 0.3) is 0 Å². The zero-order chi connectivity index (χ0) is 46.3. The lowest BCUT2D eigenvalue weighted by molar-refractivity contribution is -0.163. The third-order valence-corrected chi connectivity index (χ3v) is 13.3. The molecule has 0 aromatic rings. The highest BCUT2D eigenvalue weighted by Gasteiger charge is 2.17. The third kappa shape index (κ3) is 53.3. The molecule has 5 heteroatoms. The zero-order valence-electron chi connectivity index (χ0n) is 43.8. The van der Waals surface area contributed by atoms with Gasteiger partial charge in [0.1, 0.15) is 6.61 Å². The lowest BCUT2D eigenvalue weighted by Crippen LogP contribution is -2.30. The normalized spacial score (nSPS) is 12.1. The van der Waals surface area contributed by atoms with E-state index in [1.54, 1.807) is 0 Å². The first-order valence-corrected chi connectivity index (χ1v) is 29.2. The first kappa shape index (κ1) is 62.6. The Kier molecular flexibility index (Phi) is 54.8. The summed E-state index contributed by atoms with van der Waals surface area (Å²) in [6.45, 7) is 7.87. The quantitative estimate of drug-likeness (QED) is 0.0346. The van der Waals surface area contributed by atoms with Gasteiger partial charge in [0.15, 0.2) is 6.10 Å². The fourth-order valence-corrected chi connectivity index (χ4v) is 8.91. The molecule has 0 bridgehead atoms. The number of esters is 2. The largest absolute Gasteiger partial charge is 0.462 e. The molecular formula is C59H114O5. The molecular weight excluding hydrogens is 789 g/mol. The molecule has 5 nitrogen and oxygen atoms in total. The summed E-state index contributed by atoms with van der Waals surface area (Å²) in [7, 11) is 0. The summed E-state index contributed by atoms with van der Waals surface area (Å²) in [5.41, 5.74) is 0. The number of hydrogen-bond donors (Lipinski definition) is 0. The second-order valence-electron chi connectivity index (χ2n) is 19.9. The van der Waals surface area contributed by atoms with Crippen molar-refractivity contribution in [3.8, 4) is 0 Å². The molecule has 0 aliphatic carbocycles. The van der Waals surface area contributed by atoms with Gasteiger partial charge in [-0.15, -0.1) is 0 Å². The summed E-state index contributed by atoms with van der Waals surface area (Å²) in [6.07, 6.45) is 65.3. The number of hydrogen-bond acceptors (Lipinski definition) is 5. The molecule has 64 heavy (non-hydrogen) atoms. The van der Waals surface area contributed by atoms with Crippen LogP contribution < -0.4 is 0 Å². The molecule has 0 spiro atoms. The zero-order valence-corrected chi connectivity index (χ0v) is 43.8. The fourth-order valence-electron chi connectivity index (χ4n) is 8.91. The predicted molar refractivity (Wildman–Crippen MR) is 279 cm³/mol. The van der Waals surface area contributed by atoms with Crippen molar-refractivity contribution in [1.82, 2.24) is 0 Å². The number of carbonyl (C=O) groups is 2. The van der Waals surface area contributed by atoms with E-state index in [4.69, 9.17) is 14.2 Å². The Labute approximate surface area is 401 Å². The van der Waals surface area contributed by atoms with E-state index in [0.717, 1.165) is 44.9 Å². The van der Waals surface area contributed by atoms with Crippen LogP contribution >= 0.6 is 0 Å². The van der Waals surface area contributed by atoms with Gasteiger partial charge in [0, 0.05) is 19.4 Å². The van der Waals surface area contributed by atoms with Gasteiger partial charge in [-0.3, -0.25) is 9.59 Å². The molecule has 1 atom stereocenters. The summed E-state index contributed by atoms with van der Waals surface area (Å²) >= 11 is 0. The monoisotopic (exact) mass is 903 g/mol. The van der Waals surface area contributed by atoms with Crippen LogP contribution in [0.2, 0.25) is 0 Å². The maximum Gasteiger partial charge on any atom is 0.306 e. The van der Waals surface area contributed by atoms with Crippen molar-refractivity contribution >= 4 is 11.9 Å². The molecule has 0 aliphatic rings. The highest BCUT2D eigenvalue weighted by Crippen LogP contribution is 2.17. The summed E-state index contributed by atoms with van der Waals surface area (Å²) in [5, 5.41) is 0. The number of allylic oxidation sites excluding steroid dienone is 2. The van der Waals surface area contributed by atoms with Crippen LogP contribution in [0.15, 0.2) is 12.2 Å². The van der Waals surface area contributed by atoms with Crippen LogP contribution in [0.5, 0.6) is 0 Å². The smallest absolute Gasteiger partial charge is 0.306 e. The van der Waals surface area contributed by atoms with Gasteiger partial charge in [-0.05, 0) is 38.5 Å². The number of rotatable bonds is 55. The number of ether oxygens (including phenoxy) is 3. The summed E-state index contributed by atoms with van der Waals surface area (Å²) in [6, 6.07) is 0. The van der Waals surface area contributed by atoms with Gasteiger partial charge < -0.3 is 14.2 Å². The fraction of sp³-hybridized carbons (Fsp3) is 0.932. The van der Waals surface area contributed by atoms with E-state index in [1.165, 1.54) is 250 Å². The van der Waals surface area contributed by atoms with Crippen molar-refractivity contribution in [2.24, 2.45) is 0 Å². The van der Waals surface area contributed by atoms with Crippen LogP contribution in [0.4, 0.5) is 0 Å². The van der Waals surface area contributed by atoms with Gasteiger partial charge in [-0.1, -0.05) is 290 Å². The van der Waals surface area contributed by atoms with Gasteiger partial charge in [0.25, 0.3) is 0 Å². The minimum absolute atomic E-state index is 0.0919. The first-order valence-electron chi connectivity index (χ1n) is 29.2.